The van der Waals surface area contributed by atoms with Gasteiger partial charge in [0.1, 0.15) is 5.75 Å². The van der Waals surface area contributed by atoms with Crippen molar-refractivity contribution in [1.29, 1.82) is 0 Å². The largest absolute Gasteiger partial charge is 0.479 e. The lowest BCUT2D eigenvalue weighted by Crippen LogP contribution is -2.30. The van der Waals surface area contributed by atoms with Gasteiger partial charge in [0.15, 0.2) is 6.10 Å². The lowest BCUT2D eigenvalue weighted by atomic mass is 10.0. The summed E-state index contributed by atoms with van der Waals surface area (Å²) >= 11 is 11.8. The number of anilines is 1. The monoisotopic (exact) mass is 365 g/mol. The molecule has 0 fully saturated rings. The highest BCUT2D eigenvalue weighted by Crippen LogP contribution is 2.30. The normalized spacial score (nSPS) is 16.0. The molecule has 0 bridgehead atoms. The third-order valence-corrected chi connectivity index (χ3v) is 4.10. The molecule has 5 nitrogen and oxygen atoms in total. The fraction of sp³-hybridized carbons (Fsp3) is 0.176. The molecule has 0 saturated carbocycles. The molecule has 2 aromatic carbocycles. The Balaban J connectivity index is 1.77. The van der Waals surface area contributed by atoms with E-state index in [4.69, 9.17) is 33.0 Å². The summed E-state index contributed by atoms with van der Waals surface area (Å²) in [6.45, 7) is 0. The van der Waals surface area contributed by atoms with Crippen molar-refractivity contribution in [3.05, 3.63) is 57.6 Å². The van der Waals surface area contributed by atoms with Crippen molar-refractivity contribution in [2.45, 2.75) is 18.9 Å². The molecule has 0 unspecified atom stereocenters. The zero-order chi connectivity index (χ0) is 17.3. The van der Waals surface area contributed by atoms with Crippen LogP contribution in [0, 0.1) is 0 Å². The lowest BCUT2D eigenvalue weighted by Gasteiger charge is -2.23. The van der Waals surface area contributed by atoms with Crippen LogP contribution in [0.3, 0.4) is 0 Å². The highest BCUT2D eigenvalue weighted by molar-refractivity contribution is 6.35. The first kappa shape index (κ1) is 16.6. The maximum atomic E-state index is 12.3. The second kappa shape index (κ2) is 6.71. The average Bonchev–Trinajstić information content (AvgIpc) is 2.53. The van der Waals surface area contributed by atoms with Gasteiger partial charge in [-0.3, -0.25) is 4.79 Å². The molecule has 0 aliphatic carbocycles. The van der Waals surface area contributed by atoms with Crippen LogP contribution in [0.4, 0.5) is 5.69 Å². The Hall–Kier alpha value is -2.24. The predicted octanol–water partition coefficient (Wildman–Crippen LogP) is 4.02. The van der Waals surface area contributed by atoms with Crippen molar-refractivity contribution in [2.75, 3.05) is 5.32 Å². The first-order valence-electron chi connectivity index (χ1n) is 7.22. The van der Waals surface area contributed by atoms with Gasteiger partial charge in [-0.1, -0.05) is 23.2 Å². The van der Waals surface area contributed by atoms with Crippen LogP contribution in [0.5, 0.6) is 5.75 Å². The number of carboxylic acid groups (broad SMARTS) is 1. The summed E-state index contributed by atoms with van der Waals surface area (Å²) in [5.74, 6) is -0.784. The van der Waals surface area contributed by atoms with Crippen molar-refractivity contribution in [2.24, 2.45) is 0 Å². The summed E-state index contributed by atoms with van der Waals surface area (Å²) in [6.07, 6.45) is 0.134. The number of carbonyl (C=O) groups excluding carboxylic acids is 1. The number of carboxylic acids is 1. The number of ether oxygens (including phenoxy) is 1. The Kier molecular flexibility index (Phi) is 4.64. The van der Waals surface area contributed by atoms with Gasteiger partial charge in [-0.25, -0.2) is 4.79 Å². The Morgan fingerprint density at radius 1 is 1.12 bits per heavy atom. The molecule has 7 heteroatoms. The Labute approximate surface area is 148 Å². The standard InChI is InChI=1S/C17H13Cl2NO4/c18-11-5-10(6-12(19)8-11)16(21)20-13-2-4-14-9(7-13)1-3-15(24-14)17(22)23/h2,4-8,15H,1,3H2,(H,20,21)(H,22,23)/t15-/m0/s1. The number of carbonyl (C=O) groups is 2. The van der Waals surface area contributed by atoms with Crippen LogP contribution in [-0.4, -0.2) is 23.1 Å². The number of fused-ring (bicyclic) bond motifs is 1. The van der Waals surface area contributed by atoms with Crippen LogP contribution in [0.2, 0.25) is 10.0 Å². The van der Waals surface area contributed by atoms with E-state index in [-0.39, 0.29) is 5.91 Å². The lowest BCUT2D eigenvalue weighted by molar-refractivity contribution is -0.145. The molecule has 2 N–H and O–H groups in total. The van der Waals surface area contributed by atoms with Crippen molar-refractivity contribution in [3.63, 3.8) is 0 Å². The van der Waals surface area contributed by atoms with Gasteiger partial charge in [-0.15, -0.1) is 0 Å². The predicted molar refractivity (Wildman–Crippen MR) is 91.2 cm³/mol. The maximum Gasteiger partial charge on any atom is 0.344 e. The quantitative estimate of drug-likeness (QED) is 0.860. The second-order valence-corrected chi connectivity index (χ2v) is 6.29. The van der Waals surface area contributed by atoms with Crippen LogP contribution in [0.1, 0.15) is 22.3 Å². The van der Waals surface area contributed by atoms with E-state index in [0.717, 1.165) is 5.56 Å². The number of halogens is 2. The fourth-order valence-corrected chi connectivity index (χ4v) is 3.05. The van der Waals surface area contributed by atoms with E-state index in [0.29, 0.717) is 39.9 Å². The Morgan fingerprint density at radius 2 is 1.83 bits per heavy atom. The minimum Gasteiger partial charge on any atom is -0.479 e. The van der Waals surface area contributed by atoms with E-state index in [9.17, 15) is 9.59 Å². The molecular weight excluding hydrogens is 353 g/mol. The maximum absolute atomic E-state index is 12.3. The summed E-state index contributed by atoms with van der Waals surface area (Å²) in [7, 11) is 0. The van der Waals surface area contributed by atoms with Gasteiger partial charge in [-0.05, 0) is 54.8 Å². The van der Waals surface area contributed by atoms with Gasteiger partial charge in [0.2, 0.25) is 0 Å². The zero-order valence-electron chi connectivity index (χ0n) is 12.4. The highest BCUT2D eigenvalue weighted by Gasteiger charge is 2.25. The summed E-state index contributed by atoms with van der Waals surface area (Å²) in [5, 5.41) is 12.5. The molecular formula is C17H13Cl2NO4. The number of benzene rings is 2. The second-order valence-electron chi connectivity index (χ2n) is 5.42. The molecule has 0 saturated heterocycles. The van der Waals surface area contributed by atoms with Crippen molar-refractivity contribution in [1.82, 2.24) is 0 Å². The molecule has 3 rings (SSSR count). The first-order chi connectivity index (χ1) is 11.4. The molecule has 124 valence electrons. The molecule has 1 aliphatic heterocycles. The number of hydrogen-bond donors (Lipinski definition) is 2. The van der Waals surface area contributed by atoms with Crippen LogP contribution < -0.4 is 10.1 Å². The molecule has 24 heavy (non-hydrogen) atoms. The highest BCUT2D eigenvalue weighted by atomic mass is 35.5. The number of aryl methyl sites for hydroxylation is 1. The smallest absolute Gasteiger partial charge is 0.344 e. The number of amides is 1. The van der Waals surface area contributed by atoms with E-state index < -0.39 is 12.1 Å². The van der Waals surface area contributed by atoms with Gasteiger partial charge >= 0.3 is 5.97 Å². The van der Waals surface area contributed by atoms with Crippen molar-refractivity contribution in [3.8, 4) is 5.75 Å². The SMILES string of the molecule is O=C(Nc1ccc2c(c1)CC[C@@H](C(=O)O)O2)c1cc(Cl)cc(Cl)c1. The molecule has 0 aromatic heterocycles. The first-order valence-corrected chi connectivity index (χ1v) is 7.98. The van der Waals surface area contributed by atoms with E-state index in [1.54, 1.807) is 24.3 Å². The van der Waals surface area contributed by atoms with E-state index in [1.165, 1.54) is 12.1 Å². The summed E-state index contributed by atoms with van der Waals surface area (Å²) in [6, 6.07) is 9.70. The molecule has 1 heterocycles. The van der Waals surface area contributed by atoms with Crippen LogP contribution >= 0.6 is 23.2 Å². The van der Waals surface area contributed by atoms with Crippen molar-refractivity contribution < 1.29 is 19.4 Å². The summed E-state index contributed by atoms with van der Waals surface area (Å²) in [5.41, 5.74) is 1.80. The van der Waals surface area contributed by atoms with E-state index >= 15 is 0 Å². The van der Waals surface area contributed by atoms with Gasteiger partial charge < -0.3 is 15.2 Å². The molecule has 1 aliphatic rings. The minimum absolute atomic E-state index is 0.334. The van der Waals surface area contributed by atoms with Gasteiger partial charge in [0, 0.05) is 21.3 Å². The third kappa shape index (κ3) is 3.63. The molecule has 1 amide bonds. The Bertz CT molecular complexity index is 802. The Morgan fingerprint density at radius 3 is 2.50 bits per heavy atom. The van der Waals surface area contributed by atoms with E-state index in [1.807, 2.05) is 0 Å². The molecule has 2 aromatic rings. The molecule has 0 spiro atoms. The van der Waals surface area contributed by atoms with Crippen molar-refractivity contribution >= 4 is 40.8 Å². The summed E-state index contributed by atoms with van der Waals surface area (Å²) < 4.78 is 5.42. The van der Waals surface area contributed by atoms with Gasteiger partial charge in [0.25, 0.3) is 5.91 Å². The van der Waals surface area contributed by atoms with Crippen LogP contribution in [-0.2, 0) is 11.2 Å². The van der Waals surface area contributed by atoms with E-state index in [2.05, 4.69) is 5.32 Å². The number of rotatable bonds is 3. The third-order valence-electron chi connectivity index (χ3n) is 3.66. The van der Waals surface area contributed by atoms with Crippen LogP contribution in [0.25, 0.3) is 0 Å². The topological polar surface area (TPSA) is 75.6 Å². The summed E-state index contributed by atoms with van der Waals surface area (Å²) in [4.78, 5) is 23.3. The number of nitrogens with one attached hydrogen (secondary N) is 1. The molecule has 0 radical (unpaired) electrons. The fourth-order valence-electron chi connectivity index (χ4n) is 2.53. The zero-order valence-corrected chi connectivity index (χ0v) is 13.9. The average molecular weight is 366 g/mol. The number of aliphatic carboxylic acids is 1. The molecule has 1 atom stereocenters. The van der Waals surface area contributed by atoms with Gasteiger partial charge in [-0.2, -0.15) is 0 Å². The number of hydrogen-bond acceptors (Lipinski definition) is 3. The van der Waals surface area contributed by atoms with Gasteiger partial charge in [0.05, 0.1) is 0 Å². The van der Waals surface area contributed by atoms with Crippen LogP contribution in [0.15, 0.2) is 36.4 Å². The minimum atomic E-state index is -0.976.